The van der Waals surface area contributed by atoms with Crippen molar-refractivity contribution in [3.05, 3.63) is 29.5 Å². The standard InChI is InChI=1S/C19H23N7O2/c1-6-25(7-2)15-8-9-17(18(10-15)21-13(4)27)22-23-19-16(11-20)12(3)24-26(19)14(5)28/h8-10H,6-7H2,1-5H3,(H,21,27)/b23-22-. The first-order chi connectivity index (χ1) is 13.3. The number of aryl methyl sites for hydroxylation is 1. The van der Waals surface area contributed by atoms with Crippen LogP contribution in [0.25, 0.3) is 0 Å². The summed E-state index contributed by atoms with van der Waals surface area (Å²) < 4.78 is 1.04. The summed E-state index contributed by atoms with van der Waals surface area (Å²) >= 11 is 0. The Hall–Kier alpha value is -3.54. The zero-order chi connectivity index (χ0) is 20.8. The molecule has 28 heavy (non-hydrogen) atoms. The number of aromatic nitrogens is 2. The van der Waals surface area contributed by atoms with Crippen molar-refractivity contribution >= 4 is 34.7 Å². The van der Waals surface area contributed by atoms with Gasteiger partial charge in [0.05, 0.1) is 11.4 Å². The van der Waals surface area contributed by atoms with E-state index in [0.717, 1.165) is 23.5 Å². The van der Waals surface area contributed by atoms with E-state index in [0.29, 0.717) is 17.1 Å². The van der Waals surface area contributed by atoms with Crippen LogP contribution < -0.4 is 10.2 Å². The fourth-order valence-electron chi connectivity index (χ4n) is 2.75. The molecule has 9 heteroatoms. The summed E-state index contributed by atoms with van der Waals surface area (Å²) in [6.07, 6.45) is 0. The first-order valence-corrected chi connectivity index (χ1v) is 8.91. The summed E-state index contributed by atoms with van der Waals surface area (Å²) in [7, 11) is 0. The van der Waals surface area contributed by atoms with E-state index >= 15 is 0 Å². The lowest BCUT2D eigenvalue weighted by Crippen LogP contribution is -2.21. The number of rotatable bonds is 6. The van der Waals surface area contributed by atoms with Gasteiger partial charge >= 0.3 is 0 Å². The van der Waals surface area contributed by atoms with Gasteiger partial charge in [0.1, 0.15) is 17.3 Å². The lowest BCUT2D eigenvalue weighted by molar-refractivity contribution is -0.114. The zero-order valence-corrected chi connectivity index (χ0v) is 16.6. The summed E-state index contributed by atoms with van der Waals surface area (Å²) in [5.74, 6) is -0.554. The molecule has 0 fully saturated rings. The van der Waals surface area contributed by atoms with Gasteiger partial charge in [-0.1, -0.05) is 0 Å². The number of anilines is 2. The topological polar surface area (TPSA) is 116 Å². The van der Waals surface area contributed by atoms with Gasteiger partial charge in [-0.05, 0) is 39.0 Å². The van der Waals surface area contributed by atoms with E-state index in [4.69, 9.17) is 0 Å². The maximum Gasteiger partial charge on any atom is 0.245 e. The normalized spacial score (nSPS) is 10.7. The number of benzene rings is 1. The maximum absolute atomic E-state index is 11.8. The van der Waals surface area contributed by atoms with Crippen LogP contribution >= 0.6 is 0 Å². The van der Waals surface area contributed by atoms with Crippen molar-refractivity contribution in [1.29, 1.82) is 5.26 Å². The Morgan fingerprint density at radius 1 is 1.25 bits per heavy atom. The number of hydrogen-bond donors (Lipinski definition) is 1. The van der Waals surface area contributed by atoms with Crippen LogP contribution in [-0.4, -0.2) is 34.7 Å². The summed E-state index contributed by atoms with van der Waals surface area (Å²) in [6, 6.07) is 7.43. The Balaban J connectivity index is 2.53. The first-order valence-electron chi connectivity index (χ1n) is 8.91. The fraction of sp³-hybridized carbons (Fsp3) is 0.368. The molecule has 1 aromatic carbocycles. The largest absolute Gasteiger partial charge is 0.372 e. The van der Waals surface area contributed by atoms with Crippen LogP contribution in [0.3, 0.4) is 0 Å². The Labute approximate surface area is 163 Å². The minimum absolute atomic E-state index is 0.0640. The summed E-state index contributed by atoms with van der Waals surface area (Å²) in [6.45, 7) is 10.1. The van der Waals surface area contributed by atoms with Crippen LogP contribution in [-0.2, 0) is 4.79 Å². The van der Waals surface area contributed by atoms with Gasteiger partial charge in [-0.15, -0.1) is 10.2 Å². The average molecular weight is 381 g/mol. The van der Waals surface area contributed by atoms with Crippen LogP contribution in [0.15, 0.2) is 28.4 Å². The van der Waals surface area contributed by atoms with Crippen LogP contribution in [0, 0.1) is 18.3 Å². The molecule has 0 saturated heterocycles. The highest BCUT2D eigenvalue weighted by atomic mass is 16.2. The second kappa shape index (κ2) is 8.90. The molecular weight excluding hydrogens is 358 g/mol. The van der Waals surface area contributed by atoms with Gasteiger partial charge in [-0.25, -0.2) is 0 Å². The van der Waals surface area contributed by atoms with Crippen LogP contribution in [0.4, 0.5) is 22.9 Å². The SMILES string of the molecule is CCN(CC)c1ccc(/N=N\c2c(C#N)c(C)nn2C(C)=O)c(NC(C)=O)c1. The summed E-state index contributed by atoms with van der Waals surface area (Å²) in [5, 5.41) is 24.4. The Morgan fingerprint density at radius 2 is 1.93 bits per heavy atom. The van der Waals surface area contributed by atoms with E-state index in [9.17, 15) is 14.9 Å². The molecule has 0 aliphatic heterocycles. The molecule has 1 amide bonds. The molecular formula is C19H23N7O2. The van der Waals surface area contributed by atoms with Gasteiger partial charge in [0, 0.05) is 32.6 Å². The van der Waals surface area contributed by atoms with Crippen molar-refractivity contribution in [1.82, 2.24) is 9.78 Å². The van der Waals surface area contributed by atoms with E-state index in [1.165, 1.54) is 13.8 Å². The van der Waals surface area contributed by atoms with Gasteiger partial charge in [0.25, 0.3) is 0 Å². The summed E-state index contributed by atoms with van der Waals surface area (Å²) in [5.41, 5.74) is 2.41. The molecule has 2 aromatic rings. The molecule has 0 spiro atoms. The number of hydrogen-bond acceptors (Lipinski definition) is 7. The lowest BCUT2D eigenvalue weighted by Gasteiger charge is -2.22. The Morgan fingerprint density at radius 3 is 2.46 bits per heavy atom. The monoisotopic (exact) mass is 381 g/mol. The lowest BCUT2D eigenvalue weighted by atomic mass is 10.2. The van der Waals surface area contributed by atoms with E-state index in [-0.39, 0.29) is 23.2 Å². The third-order valence-corrected chi connectivity index (χ3v) is 4.12. The number of nitriles is 1. The number of nitrogens with zero attached hydrogens (tertiary/aromatic N) is 6. The minimum Gasteiger partial charge on any atom is -0.372 e. The van der Waals surface area contributed by atoms with Gasteiger partial charge in [-0.2, -0.15) is 15.0 Å². The van der Waals surface area contributed by atoms with Gasteiger partial charge in [0.2, 0.25) is 11.8 Å². The van der Waals surface area contributed by atoms with Crippen LogP contribution in [0.5, 0.6) is 0 Å². The van der Waals surface area contributed by atoms with E-state index in [1.807, 2.05) is 32.0 Å². The predicted molar refractivity (Wildman–Crippen MR) is 106 cm³/mol. The van der Waals surface area contributed by atoms with Gasteiger partial charge in [0.15, 0.2) is 5.82 Å². The van der Waals surface area contributed by atoms with Crippen molar-refractivity contribution in [2.24, 2.45) is 10.2 Å². The fourth-order valence-corrected chi connectivity index (χ4v) is 2.75. The molecule has 0 aliphatic carbocycles. The second-order valence-corrected chi connectivity index (χ2v) is 6.08. The second-order valence-electron chi connectivity index (χ2n) is 6.08. The van der Waals surface area contributed by atoms with Crippen molar-refractivity contribution < 1.29 is 9.59 Å². The van der Waals surface area contributed by atoms with Crippen molar-refractivity contribution in [2.45, 2.75) is 34.6 Å². The van der Waals surface area contributed by atoms with Gasteiger partial charge < -0.3 is 10.2 Å². The highest BCUT2D eigenvalue weighted by Crippen LogP contribution is 2.32. The number of carbonyl (C=O) groups excluding carboxylic acids is 2. The van der Waals surface area contributed by atoms with Crippen LogP contribution in [0.1, 0.15) is 43.7 Å². The van der Waals surface area contributed by atoms with Gasteiger partial charge in [-0.3, -0.25) is 9.59 Å². The number of carbonyl (C=O) groups is 2. The molecule has 9 nitrogen and oxygen atoms in total. The van der Waals surface area contributed by atoms with Crippen molar-refractivity contribution in [3.63, 3.8) is 0 Å². The zero-order valence-electron chi connectivity index (χ0n) is 16.6. The number of nitrogens with one attached hydrogen (secondary N) is 1. The number of amides is 1. The third-order valence-electron chi connectivity index (χ3n) is 4.12. The Kier molecular flexibility index (Phi) is 6.60. The molecule has 0 aliphatic rings. The molecule has 0 saturated carbocycles. The third kappa shape index (κ3) is 4.40. The first kappa shape index (κ1) is 20.8. The molecule has 146 valence electrons. The maximum atomic E-state index is 11.8. The molecule has 2 rings (SSSR count). The molecule has 0 unspecified atom stereocenters. The minimum atomic E-state index is -0.377. The average Bonchev–Trinajstić information content (AvgIpc) is 2.97. The van der Waals surface area contributed by atoms with Crippen LogP contribution in [0.2, 0.25) is 0 Å². The molecule has 0 radical (unpaired) electrons. The smallest absolute Gasteiger partial charge is 0.245 e. The highest BCUT2D eigenvalue weighted by molar-refractivity contribution is 5.93. The number of azo groups is 1. The highest BCUT2D eigenvalue weighted by Gasteiger charge is 2.18. The van der Waals surface area contributed by atoms with E-state index in [1.54, 1.807) is 13.0 Å². The Bertz CT molecular complexity index is 965. The van der Waals surface area contributed by atoms with Crippen molar-refractivity contribution in [3.8, 4) is 6.07 Å². The molecule has 1 aromatic heterocycles. The van der Waals surface area contributed by atoms with E-state index < -0.39 is 0 Å². The molecule has 0 bridgehead atoms. The summed E-state index contributed by atoms with van der Waals surface area (Å²) in [4.78, 5) is 25.5. The molecule has 1 N–H and O–H groups in total. The van der Waals surface area contributed by atoms with Crippen molar-refractivity contribution in [2.75, 3.05) is 23.3 Å². The molecule has 1 heterocycles. The predicted octanol–water partition coefficient (Wildman–Crippen LogP) is 3.94. The quantitative estimate of drug-likeness (QED) is 0.761. The molecule has 0 atom stereocenters. The van der Waals surface area contributed by atoms with E-state index in [2.05, 4.69) is 25.5 Å².